The fourth-order valence-electron chi connectivity index (χ4n) is 4.27. The molecule has 0 bridgehead atoms. The van der Waals surface area contributed by atoms with Crippen LogP contribution in [-0.4, -0.2) is 32.1 Å². The maximum absolute atomic E-state index is 10.9. The van der Waals surface area contributed by atoms with Crippen LogP contribution in [-0.2, 0) is 0 Å². The zero-order chi connectivity index (χ0) is 12.9. The highest BCUT2D eigenvalue weighted by atomic mass is 16.3. The molecule has 0 heterocycles. The molecule has 104 valence electrons. The van der Waals surface area contributed by atoms with E-state index in [-0.39, 0.29) is 5.92 Å². The minimum absolute atomic E-state index is 0.119. The van der Waals surface area contributed by atoms with Crippen molar-refractivity contribution in [3.05, 3.63) is 0 Å². The third kappa shape index (κ3) is 2.00. The highest BCUT2D eigenvalue weighted by Crippen LogP contribution is 2.53. The van der Waals surface area contributed by atoms with E-state index in [2.05, 4.69) is 0 Å². The molecule has 18 heavy (non-hydrogen) atoms. The maximum Gasteiger partial charge on any atom is 0.0704 e. The SMILES string of the molecule is OC1(CC(C2(O)CCCC2)C2(O)CCC2)CCC1. The predicted octanol–water partition coefficient (Wildman–Crippen LogP) is 2.13. The Morgan fingerprint density at radius 1 is 0.667 bits per heavy atom. The van der Waals surface area contributed by atoms with Crippen LogP contribution in [0.25, 0.3) is 0 Å². The normalized spacial score (nSPS) is 33.5. The highest BCUT2D eigenvalue weighted by molar-refractivity contribution is 5.07. The summed E-state index contributed by atoms with van der Waals surface area (Å²) in [6, 6.07) is 0. The molecule has 0 aromatic carbocycles. The first-order valence-corrected chi connectivity index (χ1v) is 7.63. The third-order valence-electron chi connectivity index (χ3n) is 5.85. The number of rotatable bonds is 4. The van der Waals surface area contributed by atoms with Crippen LogP contribution in [0, 0.1) is 5.92 Å². The lowest BCUT2D eigenvalue weighted by Gasteiger charge is -2.53. The van der Waals surface area contributed by atoms with Gasteiger partial charge in [-0.05, 0) is 57.8 Å². The van der Waals surface area contributed by atoms with E-state index in [9.17, 15) is 15.3 Å². The average molecular weight is 254 g/mol. The zero-order valence-electron chi connectivity index (χ0n) is 11.2. The highest BCUT2D eigenvalue weighted by Gasteiger charge is 2.55. The standard InChI is InChI=1S/C15H26O3/c16-13(5-3-6-13)11-12(15(18)9-4-10-15)14(17)7-1-2-8-14/h12,16-18H,1-11H2. The summed E-state index contributed by atoms with van der Waals surface area (Å²) in [5, 5.41) is 32.0. The van der Waals surface area contributed by atoms with E-state index in [0.717, 1.165) is 64.2 Å². The first-order chi connectivity index (χ1) is 8.46. The van der Waals surface area contributed by atoms with Crippen molar-refractivity contribution < 1.29 is 15.3 Å². The minimum Gasteiger partial charge on any atom is -0.390 e. The van der Waals surface area contributed by atoms with Crippen LogP contribution in [0.1, 0.15) is 70.6 Å². The van der Waals surface area contributed by atoms with Gasteiger partial charge in [0, 0.05) is 5.92 Å². The van der Waals surface area contributed by atoms with Gasteiger partial charge in [0.05, 0.1) is 16.8 Å². The molecular formula is C15H26O3. The molecule has 3 heteroatoms. The second-order valence-corrected chi connectivity index (χ2v) is 7.10. The molecule has 3 nitrogen and oxygen atoms in total. The van der Waals surface area contributed by atoms with Crippen molar-refractivity contribution in [1.82, 2.24) is 0 Å². The van der Waals surface area contributed by atoms with E-state index in [0.29, 0.717) is 6.42 Å². The molecule has 0 aliphatic heterocycles. The molecule has 0 aromatic heterocycles. The Balaban J connectivity index is 1.79. The smallest absolute Gasteiger partial charge is 0.0704 e. The fourth-order valence-corrected chi connectivity index (χ4v) is 4.27. The van der Waals surface area contributed by atoms with Crippen LogP contribution in [0.4, 0.5) is 0 Å². The molecule has 3 aliphatic carbocycles. The lowest BCUT2D eigenvalue weighted by atomic mass is 9.59. The predicted molar refractivity (Wildman–Crippen MR) is 69.1 cm³/mol. The summed E-state index contributed by atoms with van der Waals surface area (Å²) in [7, 11) is 0. The summed E-state index contributed by atoms with van der Waals surface area (Å²) in [6.07, 6.45) is 9.74. The minimum atomic E-state index is -0.722. The summed E-state index contributed by atoms with van der Waals surface area (Å²) in [4.78, 5) is 0. The Bertz CT molecular complexity index is 312. The van der Waals surface area contributed by atoms with Gasteiger partial charge in [0.1, 0.15) is 0 Å². The van der Waals surface area contributed by atoms with Crippen LogP contribution in [0.2, 0.25) is 0 Å². The molecule has 0 amide bonds. The second-order valence-electron chi connectivity index (χ2n) is 7.10. The number of hydrogen-bond acceptors (Lipinski definition) is 3. The molecule has 0 aromatic rings. The van der Waals surface area contributed by atoms with Crippen molar-refractivity contribution in [3.63, 3.8) is 0 Å². The maximum atomic E-state index is 10.9. The van der Waals surface area contributed by atoms with Crippen LogP contribution in [0.15, 0.2) is 0 Å². The van der Waals surface area contributed by atoms with Crippen molar-refractivity contribution in [3.8, 4) is 0 Å². The molecule has 0 spiro atoms. The van der Waals surface area contributed by atoms with E-state index in [1.807, 2.05) is 0 Å². The van der Waals surface area contributed by atoms with Gasteiger partial charge in [-0.1, -0.05) is 12.8 Å². The average Bonchev–Trinajstić information content (AvgIpc) is 2.68. The molecule has 1 unspecified atom stereocenters. The third-order valence-corrected chi connectivity index (χ3v) is 5.85. The van der Waals surface area contributed by atoms with Gasteiger partial charge in [0.2, 0.25) is 0 Å². The quantitative estimate of drug-likeness (QED) is 0.720. The first-order valence-electron chi connectivity index (χ1n) is 7.63. The van der Waals surface area contributed by atoms with Crippen molar-refractivity contribution in [2.24, 2.45) is 5.92 Å². The second kappa shape index (κ2) is 4.19. The van der Waals surface area contributed by atoms with Crippen LogP contribution in [0.3, 0.4) is 0 Å². The van der Waals surface area contributed by atoms with E-state index < -0.39 is 16.8 Å². The summed E-state index contributed by atoms with van der Waals surface area (Å²) in [6.45, 7) is 0. The van der Waals surface area contributed by atoms with Gasteiger partial charge in [-0.15, -0.1) is 0 Å². The van der Waals surface area contributed by atoms with Crippen LogP contribution in [0.5, 0.6) is 0 Å². The van der Waals surface area contributed by atoms with Crippen LogP contribution < -0.4 is 0 Å². The van der Waals surface area contributed by atoms with Gasteiger partial charge in [-0.25, -0.2) is 0 Å². The van der Waals surface area contributed by atoms with Gasteiger partial charge < -0.3 is 15.3 Å². The Morgan fingerprint density at radius 3 is 1.44 bits per heavy atom. The number of hydrogen-bond donors (Lipinski definition) is 3. The molecular weight excluding hydrogens is 228 g/mol. The van der Waals surface area contributed by atoms with Gasteiger partial charge in [0.25, 0.3) is 0 Å². The van der Waals surface area contributed by atoms with E-state index >= 15 is 0 Å². The van der Waals surface area contributed by atoms with Crippen LogP contribution >= 0.6 is 0 Å². The molecule has 3 rings (SSSR count). The van der Waals surface area contributed by atoms with Crippen molar-refractivity contribution >= 4 is 0 Å². The molecule has 3 N–H and O–H groups in total. The topological polar surface area (TPSA) is 60.7 Å². The van der Waals surface area contributed by atoms with Gasteiger partial charge in [0.15, 0.2) is 0 Å². The number of aliphatic hydroxyl groups is 3. The van der Waals surface area contributed by atoms with Crippen molar-refractivity contribution in [2.45, 2.75) is 87.4 Å². The van der Waals surface area contributed by atoms with E-state index in [4.69, 9.17) is 0 Å². The van der Waals surface area contributed by atoms with Gasteiger partial charge in [-0.2, -0.15) is 0 Å². The van der Waals surface area contributed by atoms with Crippen molar-refractivity contribution in [1.29, 1.82) is 0 Å². The Morgan fingerprint density at radius 2 is 1.11 bits per heavy atom. The first kappa shape index (κ1) is 12.9. The fraction of sp³-hybridized carbons (Fsp3) is 1.00. The summed E-state index contributed by atoms with van der Waals surface area (Å²) in [5.41, 5.74) is -2.03. The lowest BCUT2D eigenvalue weighted by molar-refractivity contribution is -0.189. The van der Waals surface area contributed by atoms with E-state index in [1.165, 1.54) is 0 Å². The Hall–Kier alpha value is -0.120. The molecule has 3 fully saturated rings. The summed E-state index contributed by atoms with van der Waals surface area (Å²) >= 11 is 0. The van der Waals surface area contributed by atoms with E-state index in [1.54, 1.807) is 0 Å². The summed E-state index contributed by atoms with van der Waals surface area (Å²) in [5.74, 6) is -0.119. The van der Waals surface area contributed by atoms with Gasteiger partial charge in [-0.3, -0.25) is 0 Å². The molecule has 3 aliphatic rings. The van der Waals surface area contributed by atoms with Crippen molar-refractivity contribution in [2.75, 3.05) is 0 Å². The molecule has 0 saturated heterocycles. The monoisotopic (exact) mass is 254 g/mol. The zero-order valence-corrected chi connectivity index (χ0v) is 11.2. The van der Waals surface area contributed by atoms with Gasteiger partial charge >= 0.3 is 0 Å². The molecule has 0 radical (unpaired) electrons. The molecule has 1 atom stereocenters. The lowest BCUT2D eigenvalue weighted by Crippen LogP contribution is -2.58. The Kier molecular flexibility index (Phi) is 3.00. The summed E-state index contributed by atoms with van der Waals surface area (Å²) < 4.78 is 0. The molecule has 3 saturated carbocycles. The largest absolute Gasteiger partial charge is 0.390 e. The Labute approximate surface area is 109 Å².